The number of nitrogen functional groups attached to an aromatic ring is 1. The third-order valence-corrected chi connectivity index (χ3v) is 4.01. The van der Waals surface area contributed by atoms with Gasteiger partial charge in [-0.2, -0.15) is 11.3 Å². The van der Waals surface area contributed by atoms with Crippen LogP contribution in [-0.2, 0) is 4.74 Å². The number of ether oxygens (including phenoxy) is 1. The summed E-state index contributed by atoms with van der Waals surface area (Å²) in [7, 11) is 0. The number of carbonyl (C=O) groups excluding carboxylic acids is 1. The standard InChI is InChI=1S/C15H17ClN2O2S/c1-3-20-15(19)12-6-11(17)7-13(16)14(12)18-9(2)10-4-5-21-8-10/h4-9,18H,3,17H2,1-2H3. The molecule has 2 aromatic rings. The lowest BCUT2D eigenvalue weighted by Gasteiger charge is -2.18. The van der Waals surface area contributed by atoms with Crippen LogP contribution in [-0.4, -0.2) is 12.6 Å². The van der Waals surface area contributed by atoms with Gasteiger partial charge in [-0.05, 0) is 48.4 Å². The summed E-state index contributed by atoms with van der Waals surface area (Å²) in [5, 5.41) is 7.72. The fourth-order valence-electron chi connectivity index (χ4n) is 1.97. The SMILES string of the molecule is CCOC(=O)c1cc(N)cc(Cl)c1NC(C)c1ccsc1. The minimum absolute atomic E-state index is 0.0190. The van der Waals surface area contributed by atoms with E-state index in [2.05, 4.69) is 5.32 Å². The van der Waals surface area contributed by atoms with Gasteiger partial charge in [0.05, 0.1) is 22.9 Å². The highest BCUT2D eigenvalue weighted by Gasteiger charge is 2.19. The van der Waals surface area contributed by atoms with Gasteiger partial charge < -0.3 is 15.8 Å². The van der Waals surface area contributed by atoms with Crippen molar-refractivity contribution in [2.45, 2.75) is 19.9 Å². The van der Waals surface area contributed by atoms with Crippen molar-refractivity contribution in [3.8, 4) is 0 Å². The molecule has 3 N–H and O–H groups in total. The summed E-state index contributed by atoms with van der Waals surface area (Å²) in [6, 6.07) is 5.24. The van der Waals surface area contributed by atoms with Crippen molar-refractivity contribution in [3.63, 3.8) is 0 Å². The molecule has 2 rings (SSSR count). The van der Waals surface area contributed by atoms with Crippen molar-refractivity contribution in [2.75, 3.05) is 17.7 Å². The first-order chi connectivity index (χ1) is 10.0. The second kappa shape index (κ2) is 6.83. The Morgan fingerprint density at radius 3 is 2.90 bits per heavy atom. The maximum atomic E-state index is 12.1. The molecule has 6 heteroatoms. The number of halogens is 1. The molecule has 0 aliphatic rings. The van der Waals surface area contributed by atoms with Gasteiger partial charge in [0.2, 0.25) is 0 Å². The fraction of sp³-hybridized carbons (Fsp3) is 0.267. The molecule has 1 atom stereocenters. The van der Waals surface area contributed by atoms with E-state index in [1.54, 1.807) is 30.4 Å². The number of thiophene rings is 1. The van der Waals surface area contributed by atoms with E-state index in [9.17, 15) is 4.79 Å². The van der Waals surface area contributed by atoms with Crippen LogP contribution < -0.4 is 11.1 Å². The first-order valence-corrected chi connectivity index (χ1v) is 7.89. The number of hydrogen-bond acceptors (Lipinski definition) is 5. The van der Waals surface area contributed by atoms with Crippen molar-refractivity contribution in [1.82, 2.24) is 0 Å². The molecule has 0 fully saturated rings. The summed E-state index contributed by atoms with van der Waals surface area (Å²) in [5.74, 6) is -0.438. The molecule has 0 saturated heterocycles. The number of hydrogen-bond donors (Lipinski definition) is 2. The number of rotatable bonds is 5. The summed E-state index contributed by atoms with van der Waals surface area (Å²) in [6.45, 7) is 4.06. The van der Waals surface area contributed by atoms with E-state index in [1.807, 2.05) is 23.8 Å². The highest BCUT2D eigenvalue weighted by Crippen LogP contribution is 2.33. The summed E-state index contributed by atoms with van der Waals surface area (Å²) in [6.07, 6.45) is 0. The summed E-state index contributed by atoms with van der Waals surface area (Å²) in [4.78, 5) is 12.1. The van der Waals surface area contributed by atoms with E-state index in [0.717, 1.165) is 5.56 Å². The Balaban J connectivity index is 2.35. The lowest BCUT2D eigenvalue weighted by Crippen LogP contribution is -2.13. The summed E-state index contributed by atoms with van der Waals surface area (Å²) < 4.78 is 5.06. The van der Waals surface area contributed by atoms with E-state index in [-0.39, 0.29) is 6.04 Å². The fourth-order valence-corrected chi connectivity index (χ4v) is 3.00. The first kappa shape index (κ1) is 15.7. The van der Waals surface area contributed by atoms with Gasteiger partial charge in [0.15, 0.2) is 0 Å². The molecule has 1 heterocycles. The van der Waals surface area contributed by atoms with Gasteiger partial charge in [-0.25, -0.2) is 4.79 Å². The van der Waals surface area contributed by atoms with E-state index < -0.39 is 5.97 Å². The monoisotopic (exact) mass is 324 g/mol. The number of benzene rings is 1. The Hall–Kier alpha value is -1.72. The Morgan fingerprint density at radius 2 is 2.29 bits per heavy atom. The highest BCUT2D eigenvalue weighted by atomic mass is 35.5. The number of nitrogens with two attached hydrogens (primary N) is 1. The quantitative estimate of drug-likeness (QED) is 0.634. The molecule has 0 aliphatic carbocycles. The molecule has 0 radical (unpaired) electrons. The second-order valence-corrected chi connectivity index (χ2v) is 5.76. The normalized spacial score (nSPS) is 12.0. The zero-order valence-corrected chi connectivity index (χ0v) is 13.4. The molecule has 0 bridgehead atoms. The minimum atomic E-state index is -0.438. The lowest BCUT2D eigenvalue weighted by molar-refractivity contribution is 0.0527. The third kappa shape index (κ3) is 3.68. The van der Waals surface area contributed by atoms with Crippen molar-refractivity contribution in [2.24, 2.45) is 0 Å². The number of anilines is 2. The van der Waals surface area contributed by atoms with E-state index in [0.29, 0.717) is 28.6 Å². The molecule has 0 aliphatic heterocycles. The maximum Gasteiger partial charge on any atom is 0.340 e. The van der Waals surface area contributed by atoms with Crippen LogP contribution in [0.1, 0.15) is 35.8 Å². The Labute approximate surface area is 132 Å². The third-order valence-electron chi connectivity index (χ3n) is 3.01. The van der Waals surface area contributed by atoms with Gasteiger partial charge in [-0.1, -0.05) is 11.6 Å². The van der Waals surface area contributed by atoms with E-state index in [4.69, 9.17) is 22.1 Å². The van der Waals surface area contributed by atoms with Crippen LogP contribution in [0.5, 0.6) is 0 Å². The van der Waals surface area contributed by atoms with Crippen LogP contribution in [0.15, 0.2) is 29.0 Å². The molecule has 1 aromatic carbocycles. The molecule has 21 heavy (non-hydrogen) atoms. The van der Waals surface area contributed by atoms with Gasteiger partial charge in [-0.15, -0.1) is 0 Å². The van der Waals surface area contributed by atoms with Gasteiger partial charge in [0.25, 0.3) is 0 Å². The lowest BCUT2D eigenvalue weighted by atomic mass is 10.1. The van der Waals surface area contributed by atoms with E-state index in [1.165, 1.54) is 0 Å². The molecule has 0 spiro atoms. The summed E-state index contributed by atoms with van der Waals surface area (Å²) in [5.41, 5.74) is 8.22. The van der Waals surface area contributed by atoms with Crippen molar-refractivity contribution < 1.29 is 9.53 Å². The van der Waals surface area contributed by atoms with Crippen LogP contribution >= 0.6 is 22.9 Å². The van der Waals surface area contributed by atoms with Gasteiger partial charge in [0.1, 0.15) is 0 Å². The number of nitrogens with one attached hydrogen (secondary N) is 1. The highest BCUT2D eigenvalue weighted by molar-refractivity contribution is 7.08. The van der Waals surface area contributed by atoms with Crippen LogP contribution in [0.4, 0.5) is 11.4 Å². The maximum absolute atomic E-state index is 12.1. The van der Waals surface area contributed by atoms with Gasteiger partial charge in [0, 0.05) is 11.7 Å². The first-order valence-electron chi connectivity index (χ1n) is 6.57. The largest absolute Gasteiger partial charge is 0.462 e. The zero-order valence-electron chi connectivity index (χ0n) is 11.9. The topological polar surface area (TPSA) is 64.3 Å². The molecule has 0 saturated carbocycles. The minimum Gasteiger partial charge on any atom is -0.462 e. The smallest absolute Gasteiger partial charge is 0.340 e. The Morgan fingerprint density at radius 1 is 1.52 bits per heavy atom. The average molecular weight is 325 g/mol. The van der Waals surface area contributed by atoms with Gasteiger partial charge >= 0.3 is 5.97 Å². The molecule has 4 nitrogen and oxygen atoms in total. The molecule has 0 amide bonds. The van der Waals surface area contributed by atoms with Crippen LogP contribution in [0.25, 0.3) is 0 Å². The molecular weight excluding hydrogens is 308 g/mol. The predicted octanol–water partition coefficient (Wildman–Crippen LogP) is 4.33. The number of carbonyl (C=O) groups is 1. The van der Waals surface area contributed by atoms with Crippen molar-refractivity contribution in [3.05, 3.63) is 45.1 Å². The Kier molecular flexibility index (Phi) is 5.09. The number of esters is 1. The average Bonchev–Trinajstić information content (AvgIpc) is 2.95. The molecule has 1 aromatic heterocycles. The van der Waals surface area contributed by atoms with Crippen LogP contribution in [0.2, 0.25) is 5.02 Å². The molecule has 1 unspecified atom stereocenters. The van der Waals surface area contributed by atoms with Crippen molar-refractivity contribution >= 4 is 40.3 Å². The Bertz CT molecular complexity index is 629. The molecular formula is C15H17ClN2O2S. The van der Waals surface area contributed by atoms with Crippen LogP contribution in [0, 0.1) is 0 Å². The summed E-state index contributed by atoms with van der Waals surface area (Å²) >= 11 is 7.86. The van der Waals surface area contributed by atoms with Gasteiger partial charge in [-0.3, -0.25) is 0 Å². The predicted molar refractivity (Wildman–Crippen MR) is 88.2 cm³/mol. The van der Waals surface area contributed by atoms with Crippen LogP contribution in [0.3, 0.4) is 0 Å². The second-order valence-electron chi connectivity index (χ2n) is 4.57. The van der Waals surface area contributed by atoms with Crippen molar-refractivity contribution in [1.29, 1.82) is 0 Å². The zero-order chi connectivity index (χ0) is 15.4. The molecule has 112 valence electrons. The van der Waals surface area contributed by atoms with E-state index >= 15 is 0 Å².